The van der Waals surface area contributed by atoms with E-state index in [0.717, 1.165) is 12.0 Å². The maximum absolute atomic E-state index is 13.5. The van der Waals surface area contributed by atoms with E-state index in [1.165, 1.54) is 12.4 Å². The molecule has 0 bridgehead atoms. The zero-order valence-corrected chi connectivity index (χ0v) is 22.2. The normalized spacial score (nSPS) is 29.5. The van der Waals surface area contributed by atoms with Crippen LogP contribution in [0.3, 0.4) is 0 Å². The van der Waals surface area contributed by atoms with E-state index in [9.17, 15) is 14.7 Å². The molecule has 1 aromatic carbocycles. The lowest BCUT2D eigenvalue weighted by Crippen LogP contribution is -2.78. The number of rotatable bonds is 5. The molecular formula is C27H33N9O4. The molecule has 2 aromatic rings. The van der Waals surface area contributed by atoms with E-state index >= 15 is 0 Å². The van der Waals surface area contributed by atoms with Crippen molar-refractivity contribution in [3.8, 4) is 5.75 Å². The zero-order valence-electron chi connectivity index (χ0n) is 22.2. The molecular weight excluding hydrogens is 514 g/mol. The number of aromatic nitrogens is 1. The molecule has 6 rings (SSSR count). The number of nitrogens with zero attached hydrogens (tertiary/aromatic N) is 2. The molecule has 0 saturated carbocycles. The van der Waals surface area contributed by atoms with Crippen molar-refractivity contribution in [3.63, 3.8) is 0 Å². The molecule has 5 heterocycles. The predicted molar refractivity (Wildman–Crippen MR) is 145 cm³/mol. The second-order valence-corrected chi connectivity index (χ2v) is 11.3. The summed E-state index contributed by atoms with van der Waals surface area (Å²) in [6.45, 7) is 5.01. The first-order valence-corrected chi connectivity index (χ1v) is 13.3. The number of hydrogen-bond acceptors (Lipinski definition) is 7. The monoisotopic (exact) mass is 547 g/mol. The van der Waals surface area contributed by atoms with Crippen molar-refractivity contribution < 1.29 is 19.4 Å². The topological polar surface area (TPSA) is 188 Å². The number of pyridine rings is 1. The van der Waals surface area contributed by atoms with E-state index in [1.807, 2.05) is 12.1 Å². The lowest BCUT2D eigenvalue weighted by atomic mass is 9.79. The second-order valence-electron chi connectivity index (χ2n) is 11.3. The number of guanidine groups is 2. The summed E-state index contributed by atoms with van der Waals surface area (Å²) in [4.78, 5) is 31.7. The van der Waals surface area contributed by atoms with E-state index in [2.05, 4.69) is 45.4 Å². The highest BCUT2D eigenvalue weighted by Gasteiger charge is 2.66. The number of amides is 2. The third-order valence-corrected chi connectivity index (χ3v) is 8.46. The fourth-order valence-corrected chi connectivity index (χ4v) is 6.30. The zero-order chi connectivity index (χ0) is 28.2. The van der Waals surface area contributed by atoms with Gasteiger partial charge in [0.25, 0.3) is 11.8 Å². The largest absolute Gasteiger partial charge is 0.492 e. The Bertz CT molecular complexity index is 1380. The summed E-state index contributed by atoms with van der Waals surface area (Å²) >= 11 is 0. The number of hydrogen-bond donors (Lipinski definition) is 8. The summed E-state index contributed by atoms with van der Waals surface area (Å²) in [6, 6.07) is 6.83. The highest BCUT2D eigenvalue weighted by molar-refractivity contribution is 5.98. The molecule has 0 radical (unpaired) electrons. The number of fused-ring (bicyclic) bond motifs is 1. The molecule has 3 fully saturated rings. The van der Waals surface area contributed by atoms with Crippen molar-refractivity contribution in [3.05, 3.63) is 59.4 Å². The van der Waals surface area contributed by atoms with E-state index in [1.54, 1.807) is 23.1 Å². The van der Waals surface area contributed by atoms with Gasteiger partial charge in [-0.2, -0.15) is 0 Å². The molecule has 4 aliphatic heterocycles. The van der Waals surface area contributed by atoms with Crippen LogP contribution < -0.4 is 31.3 Å². The van der Waals surface area contributed by atoms with Crippen LogP contribution in [0.25, 0.3) is 0 Å². The smallest absolute Gasteiger partial charge is 0.255 e. The number of nitrogens with one attached hydrogen (secondary N) is 7. The van der Waals surface area contributed by atoms with Crippen LogP contribution in [0.15, 0.2) is 42.7 Å². The lowest BCUT2D eigenvalue weighted by molar-refractivity contribution is 0.00611. The standard InChI is InChI=1S/C27H33N9O4/c1-26(2)8-11-40-19-15(4-3-5-16(19)26)23(39)32-18-13-36-25(29)33-17(12-31-22(38)14-6-9-30-10-7-14)20-27(36,21(18)37)35-24(28)34-20/h3-7,9-10,17-18,20-21,37H,8,11-13H2,1-2H3,(H2,29,33)(H,31,38)(H,32,39)(H3,28,34,35)/t17-,18?,20?,21+,27?/m0/s1. The maximum atomic E-state index is 13.5. The fourth-order valence-electron chi connectivity index (χ4n) is 6.30. The molecule has 2 amide bonds. The van der Waals surface area contributed by atoms with Gasteiger partial charge in [0.05, 0.1) is 30.3 Å². The number of carbonyl (C=O) groups excluding carboxylic acids is 2. The molecule has 1 aromatic heterocycles. The van der Waals surface area contributed by atoms with E-state index in [-0.39, 0.29) is 42.2 Å². The van der Waals surface area contributed by atoms with Gasteiger partial charge in [0.2, 0.25) is 0 Å². The van der Waals surface area contributed by atoms with Gasteiger partial charge in [0, 0.05) is 36.6 Å². The fraction of sp³-hybridized carbons (Fsp3) is 0.444. The molecule has 13 nitrogen and oxygen atoms in total. The van der Waals surface area contributed by atoms with Crippen LogP contribution in [0.4, 0.5) is 0 Å². The van der Waals surface area contributed by atoms with Gasteiger partial charge >= 0.3 is 0 Å². The van der Waals surface area contributed by atoms with Gasteiger partial charge in [-0.05, 0) is 30.0 Å². The Morgan fingerprint density at radius 2 is 1.95 bits per heavy atom. The van der Waals surface area contributed by atoms with Crippen LogP contribution in [-0.4, -0.2) is 88.3 Å². The molecule has 13 heteroatoms. The highest BCUT2D eigenvalue weighted by atomic mass is 16.5. The first-order chi connectivity index (χ1) is 19.1. The predicted octanol–water partition coefficient (Wildman–Crippen LogP) is -0.554. The Morgan fingerprint density at radius 1 is 1.18 bits per heavy atom. The quantitative estimate of drug-likeness (QED) is 0.243. The molecule has 1 spiro atoms. The summed E-state index contributed by atoms with van der Waals surface area (Å²) in [5, 5.41) is 43.7. The number of aliphatic hydroxyl groups excluding tert-OH is 1. The van der Waals surface area contributed by atoms with Gasteiger partial charge in [0.15, 0.2) is 17.6 Å². The number of benzene rings is 1. The average molecular weight is 548 g/mol. The molecule has 5 atom stereocenters. The van der Waals surface area contributed by atoms with Gasteiger partial charge in [-0.1, -0.05) is 26.0 Å². The van der Waals surface area contributed by atoms with Crippen LogP contribution in [0.2, 0.25) is 0 Å². The first-order valence-electron chi connectivity index (χ1n) is 13.3. The van der Waals surface area contributed by atoms with Gasteiger partial charge < -0.3 is 41.3 Å². The average Bonchev–Trinajstić information content (AvgIpc) is 3.43. The molecule has 0 aliphatic carbocycles. The van der Waals surface area contributed by atoms with Crippen LogP contribution >= 0.6 is 0 Å². The van der Waals surface area contributed by atoms with Gasteiger partial charge in [-0.25, -0.2) is 0 Å². The summed E-state index contributed by atoms with van der Waals surface area (Å²) < 4.78 is 5.92. The van der Waals surface area contributed by atoms with Crippen molar-refractivity contribution in [2.24, 2.45) is 0 Å². The molecule has 210 valence electrons. The Balaban J connectivity index is 1.23. The van der Waals surface area contributed by atoms with Gasteiger partial charge in [-0.15, -0.1) is 0 Å². The highest BCUT2D eigenvalue weighted by Crippen LogP contribution is 2.41. The van der Waals surface area contributed by atoms with E-state index in [0.29, 0.717) is 23.5 Å². The Hall–Kier alpha value is -4.39. The van der Waals surface area contributed by atoms with E-state index in [4.69, 9.17) is 15.6 Å². The van der Waals surface area contributed by atoms with Crippen LogP contribution in [0.5, 0.6) is 5.75 Å². The van der Waals surface area contributed by atoms with Crippen LogP contribution in [-0.2, 0) is 5.41 Å². The van der Waals surface area contributed by atoms with Crippen LogP contribution in [0, 0.1) is 10.8 Å². The SMILES string of the molecule is CC1(C)CCOc2c(C(=O)NC3CN4C(=N)N[C@@H](CNC(=O)c5ccncc5)C5NC(=N)NC54[C@@H]3O)cccc21. The number of para-hydroxylation sites is 1. The molecule has 3 unspecified atom stereocenters. The number of aliphatic hydroxyl groups is 1. The first kappa shape index (κ1) is 25.9. The van der Waals surface area contributed by atoms with Gasteiger partial charge in [0.1, 0.15) is 11.9 Å². The van der Waals surface area contributed by atoms with Crippen molar-refractivity contribution in [1.29, 1.82) is 10.8 Å². The molecule has 3 saturated heterocycles. The van der Waals surface area contributed by atoms with Crippen molar-refractivity contribution in [2.75, 3.05) is 19.7 Å². The Kier molecular flexibility index (Phi) is 6.06. The Morgan fingerprint density at radius 3 is 2.73 bits per heavy atom. The Labute approximate surface area is 231 Å². The van der Waals surface area contributed by atoms with E-state index < -0.39 is 29.9 Å². The molecule has 40 heavy (non-hydrogen) atoms. The van der Waals surface area contributed by atoms with Crippen molar-refractivity contribution in [2.45, 2.75) is 55.6 Å². The third kappa shape index (κ3) is 3.99. The maximum Gasteiger partial charge on any atom is 0.255 e. The summed E-state index contributed by atoms with van der Waals surface area (Å²) in [7, 11) is 0. The van der Waals surface area contributed by atoms with Gasteiger partial charge in [-0.3, -0.25) is 25.4 Å². The van der Waals surface area contributed by atoms with Crippen LogP contribution in [0.1, 0.15) is 46.5 Å². The minimum Gasteiger partial charge on any atom is -0.492 e. The lowest BCUT2D eigenvalue weighted by Gasteiger charge is -2.49. The minimum atomic E-state index is -1.28. The summed E-state index contributed by atoms with van der Waals surface area (Å²) in [5.74, 6) is -0.133. The summed E-state index contributed by atoms with van der Waals surface area (Å²) in [5.41, 5.74) is 0.393. The third-order valence-electron chi connectivity index (χ3n) is 8.46. The van der Waals surface area contributed by atoms with Crippen molar-refractivity contribution in [1.82, 2.24) is 36.5 Å². The number of ether oxygens (including phenoxy) is 1. The minimum absolute atomic E-state index is 0.0152. The second kappa shape index (κ2) is 9.37. The number of carbonyl (C=O) groups is 2. The molecule has 8 N–H and O–H groups in total. The molecule has 4 aliphatic rings. The van der Waals surface area contributed by atoms with Crippen molar-refractivity contribution >= 4 is 23.7 Å². The summed E-state index contributed by atoms with van der Waals surface area (Å²) in [6.07, 6.45) is 2.72.